The highest BCUT2D eigenvalue weighted by atomic mass is 32.1. The summed E-state index contributed by atoms with van der Waals surface area (Å²) in [7, 11) is 0. The number of aromatic nitrogens is 1. The summed E-state index contributed by atoms with van der Waals surface area (Å²) in [6, 6.07) is 11.2. The standard InChI is InChI=1S/C14H8FN3OS/c15-11-6-10(3-1-8(11)7-16)19-14-18-12-4-2-9(17)5-13(12)20-14/h1-6H,17H2. The van der Waals surface area contributed by atoms with Gasteiger partial charge in [0.25, 0.3) is 5.19 Å². The van der Waals surface area contributed by atoms with Crippen LogP contribution in [0, 0.1) is 17.1 Å². The second kappa shape index (κ2) is 4.79. The van der Waals surface area contributed by atoms with Gasteiger partial charge in [-0.2, -0.15) is 5.26 Å². The Morgan fingerprint density at radius 3 is 2.85 bits per heavy atom. The lowest BCUT2D eigenvalue weighted by Crippen LogP contribution is -1.87. The predicted molar refractivity (Wildman–Crippen MR) is 75.2 cm³/mol. The van der Waals surface area contributed by atoms with Crippen molar-refractivity contribution in [2.24, 2.45) is 0 Å². The summed E-state index contributed by atoms with van der Waals surface area (Å²) in [5.41, 5.74) is 7.10. The fourth-order valence-electron chi connectivity index (χ4n) is 1.71. The van der Waals surface area contributed by atoms with Crippen LogP contribution in [-0.4, -0.2) is 4.98 Å². The summed E-state index contributed by atoms with van der Waals surface area (Å²) in [5.74, 6) is -0.316. The molecule has 0 unspecified atom stereocenters. The van der Waals surface area contributed by atoms with Crippen molar-refractivity contribution >= 4 is 27.2 Å². The van der Waals surface area contributed by atoms with E-state index in [4.69, 9.17) is 15.7 Å². The molecule has 2 N–H and O–H groups in total. The predicted octanol–water partition coefficient (Wildman–Crippen LogP) is 3.68. The third-order valence-corrected chi connectivity index (χ3v) is 3.56. The minimum atomic E-state index is -0.615. The lowest BCUT2D eigenvalue weighted by Gasteiger charge is -2.01. The maximum absolute atomic E-state index is 13.5. The van der Waals surface area contributed by atoms with Crippen molar-refractivity contribution in [3.8, 4) is 17.0 Å². The van der Waals surface area contributed by atoms with Crippen LogP contribution in [0.2, 0.25) is 0 Å². The van der Waals surface area contributed by atoms with Crippen LogP contribution >= 0.6 is 11.3 Å². The van der Waals surface area contributed by atoms with Gasteiger partial charge in [0.2, 0.25) is 0 Å². The van der Waals surface area contributed by atoms with Gasteiger partial charge in [-0.05, 0) is 30.3 Å². The van der Waals surface area contributed by atoms with Crippen LogP contribution in [-0.2, 0) is 0 Å². The largest absolute Gasteiger partial charge is 0.431 e. The molecule has 20 heavy (non-hydrogen) atoms. The molecule has 0 bridgehead atoms. The zero-order valence-corrected chi connectivity index (χ0v) is 10.9. The smallest absolute Gasteiger partial charge is 0.279 e. The zero-order chi connectivity index (χ0) is 14.1. The number of anilines is 1. The molecule has 0 aliphatic rings. The minimum Gasteiger partial charge on any atom is -0.431 e. The van der Waals surface area contributed by atoms with Gasteiger partial charge in [-0.25, -0.2) is 9.37 Å². The molecule has 0 atom stereocenters. The summed E-state index contributed by atoms with van der Waals surface area (Å²) in [4.78, 5) is 4.27. The molecule has 0 amide bonds. The third kappa shape index (κ3) is 2.27. The SMILES string of the molecule is N#Cc1ccc(Oc2nc3ccc(N)cc3s2)cc1F. The maximum Gasteiger partial charge on any atom is 0.279 e. The van der Waals surface area contributed by atoms with Gasteiger partial charge < -0.3 is 10.5 Å². The van der Waals surface area contributed by atoms with Gasteiger partial charge >= 0.3 is 0 Å². The van der Waals surface area contributed by atoms with E-state index in [1.54, 1.807) is 24.3 Å². The molecule has 0 aliphatic carbocycles. The molecular weight excluding hydrogens is 277 g/mol. The van der Waals surface area contributed by atoms with Crippen LogP contribution in [0.5, 0.6) is 10.9 Å². The zero-order valence-electron chi connectivity index (χ0n) is 10.1. The number of hydrogen-bond donors (Lipinski definition) is 1. The van der Waals surface area contributed by atoms with Crippen LogP contribution in [0.1, 0.15) is 5.56 Å². The second-order valence-electron chi connectivity index (χ2n) is 4.06. The summed E-state index contributed by atoms with van der Waals surface area (Å²) >= 11 is 1.32. The fraction of sp³-hybridized carbons (Fsp3) is 0. The number of ether oxygens (including phenoxy) is 1. The van der Waals surface area contributed by atoms with Gasteiger partial charge in [0.15, 0.2) is 0 Å². The number of halogens is 1. The van der Waals surface area contributed by atoms with Gasteiger partial charge in [-0.3, -0.25) is 0 Å². The van der Waals surface area contributed by atoms with Crippen LogP contribution < -0.4 is 10.5 Å². The lowest BCUT2D eigenvalue weighted by atomic mass is 10.2. The molecule has 0 spiro atoms. The number of hydrogen-bond acceptors (Lipinski definition) is 5. The molecule has 0 radical (unpaired) electrons. The molecule has 0 saturated carbocycles. The van der Waals surface area contributed by atoms with Gasteiger partial charge in [-0.1, -0.05) is 11.3 Å². The van der Waals surface area contributed by atoms with Crippen molar-refractivity contribution < 1.29 is 9.13 Å². The van der Waals surface area contributed by atoms with Crippen molar-refractivity contribution in [1.29, 1.82) is 5.26 Å². The second-order valence-corrected chi connectivity index (χ2v) is 5.06. The normalized spacial score (nSPS) is 10.4. The van der Waals surface area contributed by atoms with E-state index in [1.165, 1.54) is 29.5 Å². The molecule has 4 nitrogen and oxygen atoms in total. The van der Waals surface area contributed by atoms with Crippen LogP contribution in [0.25, 0.3) is 10.2 Å². The number of benzene rings is 2. The Bertz CT molecular complexity index is 838. The highest BCUT2D eigenvalue weighted by Gasteiger charge is 2.08. The Hall–Kier alpha value is -2.65. The van der Waals surface area contributed by atoms with Crippen molar-refractivity contribution in [2.45, 2.75) is 0 Å². The quantitative estimate of drug-likeness (QED) is 0.729. The molecule has 6 heteroatoms. The molecule has 98 valence electrons. The maximum atomic E-state index is 13.5. The fourth-order valence-corrected chi connectivity index (χ4v) is 2.60. The van der Waals surface area contributed by atoms with Crippen molar-refractivity contribution in [3.05, 3.63) is 47.8 Å². The number of nitrogens with two attached hydrogens (primary N) is 1. The molecule has 3 aromatic rings. The average molecular weight is 285 g/mol. The van der Waals surface area contributed by atoms with E-state index < -0.39 is 5.82 Å². The number of nitrogens with zero attached hydrogens (tertiary/aromatic N) is 2. The first-order chi connectivity index (χ1) is 9.65. The first-order valence-electron chi connectivity index (χ1n) is 5.69. The van der Waals surface area contributed by atoms with E-state index in [2.05, 4.69) is 4.98 Å². The monoisotopic (exact) mass is 285 g/mol. The number of fused-ring (bicyclic) bond motifs is 1. The van der Waals surface area contributed by atoms with Gasteiger partial charge in [0.05, 0.1) is 15.8 Å². The number of nitriles is 1. The molecule has 0 aliphatic heterocycles. The lowest BCUT2D eigenvalue weighted by molar-refractivity contribution is 0.474. The highest BCUT2D eigenvalue weighted by Crippen LogP contribution is 2.32. The van der Waals surface area contributed by atoms with Crippen LogP contribution in [0.4, 0.5) is 10.1 Å². The first kappa shape index (κ1) is 12.4. The summed E-state index contributed by atoms with van der Waals surface area (Å²) in [6.45, 7) is 0. The molecule has 0 saturated heterocycles. The molecule has 0 fully saturated rings. The summed E-state index contributed by atoms with van der Waals surface area (Å²) in [5, 5.41) is 9.07. The van der Waals surface area contributed by atoms with Crippen molar-refractivity contribution in [2.75, 3.05) is 5.73 Å². The topological polar surface area (TPSA) is 71.9 Å². The van der Waals surface area contributed by atoms with Crippen LogP contribution in [0.15, 0.2) is 36.4 Å². The van der Waals surface area contributed by atoms with Crippen molar-refractivity contribution in [1.82, 2.24) is 4.98 Å². The van der Waals surface area contributed by atoms with E-state index in [0.29, 0.717) is 16.6 Å². The van der Waals surface area contributed by atoms with Crippen LogP contribution in [0.3, 0.4) is 0 Å². The molecule has 1 aromatic heterocycles. The Morgan fingerprint density at radius 2 is 2.10 bits per heavy atom. The highest BCUT2D eigenvalue weighted by molar-refractivity contribution is 7.20. The summed E-state index contributed by atoms with van der Waals surface area (Å²) < 4.78 is 19.9. The Labute approximate surface area is 117 Å². The van der Waals surface area contributed by atoms with Gasteiger partial charge in [0, 0.05) is 11.8 Å². The Balaban J connectivity index is 1.93. The van der Waals surface area contributed by atoms with Crippen molar-refractivity contribution in [3.63, 3.8) is 0 Å². The van der Waals surface area contributed by atoms with Gasteiger partial charge in [-0.15, -0.1) is 0 Å². The minimum absolute atomic E-state index is 0.0191. The van der Waals surface area contributed by atoms with E-state index in [-0.39, 0.29) is 5.56 Å². The number of thiazole rings is 1. The number of rotatable bonds is 2. The van der Waals surface area contributed by atoms with E-state index >= 15 is 0 Å². The van der Waals surface area contributed by atoms with Gasteiger partial charge in [0.1, 0.15) is 17.6 Å². The Kier molecular flexibility index (Phi) is 2.97. The number of nitrogen functional groups attached to an aromatic ring is 1. The Morgan fingerprint density at radius 1 is 1.25 bits per heavy atom. The third-order valence-electron chi connectivity index (χ3n) is 2.66. The van der Waals surface area contributed by atoms with E-state index in [0.717, 1.165) is 10.2 Å². The van der Waals surface area contributed by atoms with E-state index in [1.807, 2.05) is 0 Å². The first-order valence-corrected chi connectivity index (χ1v) is 6.51. The molecule has 1 heterocycles. The average Bonchev–Trinajstić information content (AvgIpc) is 2.80. The molecule has 2 aromatic carbocycles. The molecule has 3 rings (SSSR count). The molecular formula is C14H8FN3OS. The summed E-state index contributed by atoms with van der Waals surface area (Å²) in [6.07, 6.45) is 0. The van der Waals surface area contributed by atoms with E-state index in [9.17, 15) is 4.39 Å².